The van der Waals surface area contributed by atoms with E-state index in [4.69, 9.17) is 19.2 Å². The topological polar surface area (TPSA) is 77.8 Å². The molecule has 0 bridgehead atoms. The van der Waals surface area contributed by atoms with Crippen molar-refractivity contribution >= 4 is 30.9 Å². The van der Waals surface area contributed by atoms with Crippen molar-refractivity contribution in [1.29, 1.82) is 0 Å². The van der Waals surface area contributed by atoms with Gasteiger partial charge in [0, 0.05) is 0 Å². The summed E-state index contributed by atoms with van der Waals surface area (Å²) in [7, 11) is -4.64. The third-order valence-electron chi connectivity index (χ3n) is 0. The quantitative estimate of drug-likeness (QED) is 0.269. The van der Waals surface area contributed by atoms with Gasteiger partial charge in [0.05, 0.1) is 0 Å². The van der Waals surface area contributed by atoms with Crippen LogP contribution in [0.25, 0.3) is 0 Å². The normalized spacial score (nSPS) is 9.83. The molecule has 0 spiro atoms. The Morgan fingerprint density at radius 2 is 1.33 bits per heavy atom. The van der Waals surface area contributed by atoms with Crippen LogP contribution < -0.4 is 0 Å². The summed E-state index contributed by atoms with van der Waals surface area (Å²) in [5.74, 6) is 0. The van der Waals surface area contributed by atoms with Gasteiger partial charge >= 0.3 is 33.7 Å². The zero-order chi connectivity index (χ0) is 4.50. The minimum atomic E-state index is -4.64. The van der Waals surface area contributed by atoms with E-state index in [1.807, 2.05) is 0 Å². The molecule has 0 rings (SSSR count). The highest BCUT2D eigenvalue weighted by Crippen LogP contribution is 2.25. The van der Waals surface area contributed by atoms with E-state index in [1.54, 1.807) is 0 Å². The third-order valence-corrected chi connectivity index (χ3v) is 0. The maximum Gasteiger partial charge on any atom is 1.00 e. The van der Waals surface area contributed by atoms with Crippen molar-refractivity contribution in [3.63, 3.8) is 0 Å². The molecule has 0 unspecified atom stereocenters. The number of hydrogen-bond donors (Lipinski definition) is 3. The molecule has 4 nitrogen and oxygen atoms in total. The summed E-state index contributed by atoms with van der Waals surface area (Å²) in [6.45, 7) is 0. The molecule has 3 N–H and O–H groups in total. The molecule has 0 saturated carbocycles. The predicted molar refractivity (Wildman–Crippen MR) is 25.0 cm³/mol. The lowest BCUT2D eigenvalue weighted by Gasteiger charge is -1.82. The fourth-order valence-electron chi connectivity index (χ4n) is 0. The van der Waals surface area contributed by atoms with Crippen LogP contribution in [0.1, 0.15) is 2.85 Å². The second kappa shape index (κ2) is 2.96. The van der Waals surface area contributed by atoms with Gasteiger partial charge in [0.25, 0.3) is 0 Å². The Hall–Kier alpha value is 0.876. The van der Waals surface area contributed by atoms with Crippen molar-refractivity contribution in [3.05, 3.63) is 0 Å². The second-order valence-electron chi connectivity index (χ2n) is 0.513. The first kappa shape index (κ1) is 9.99. The summed E-state index contributed by atoms with van der Waals surface area (Å²) in [4.78, 5) is 21.6. The van der Waals surface area contributed by atoms with Gasteiger partial charge in [-0.1, -0.05) is 0 Å². The summed E-state index contributed by atoms with van der Waals surface area (Å²) in [5, 5.41) is 0. The van der Waals surface area contributed by atoms with Gasteiger partial charge in [-0.05, 0) is 0 Å². The maximum absolute atomic E-state index is 8.88. The van der Waals surface area contributed by atoms with Crippen molar-refractivity contribution in [2.45, 2.75) is 0 Å². The van der Waals surface area contributed by atoms with E-state index >= 15 is 0 Å². The molecular formula is H7MgO4P+2. The molecule has 6 heavy (non-hydrogen) atoms. The van der Waals surface area contributed by atoms with Crippen LogP contribution >= 0.6 is 7.82 Å². The molecule has 0 aliphatic carbocycles. The van der Waals surface area contributed by atoms with E-state index in [0.29, 0.717) is 0 Å². The molecule has 36 valence electrons. The first-order chi connectivity index (χ1) is 2.00. The molecule has 0 radical (unpaired) electrons. The Kier molecular flexibility index (Phi) is 4.92. The maximum atomic E-state index is 8.88. The smallest absolute Gasteiger partial charge is 0.303 e. The van der Waals surface area contributed by atoms with Crippen molar-refractivity contribution in [2.75, 3.05) is 0 Å². The fraction of sp³-hybridized carbons (Fsp3) is 0. The number of rotatable bonds is 0. The molecule has 0 aromatic carbocycles. The van der Waals surface area contributed by atoms with Crippen LogP contribution in [0, 0.1) is 0 Å². The monoisotopic (exact) mass is 126 g/mol. The van der Waals surface area contributed by atoms with Gasteiger partial charge < -0.3 is 14.7 Å². The molecular weight excluding hydrogens is 119 g/mol. The van der Waals surface area contributed by atoms with Crippen LogP contribution in [0.5, 0.6) is 0 Å². The number of hydrogen-bond acceptors (Lipinski definition) is 1. The van der Waals surface area contributed by atoms with Crippen LogP contribution in [0.2, 0.25) is 0 Å². The van der Waals surface area contributed by atoms with Gasteiger partial charge in [-0.25, -0.2) is 4.57 Å². The Bertz CT molecular complexity index is 60.2. The van der Waals surface area contributed by atoms with Crippen molar-refractivity contribution in [3.8, 4) is 0 Å². The molecule has 0 fully saturated rings. The second-order valence-corrected chi connectivity index (χ2v) is 1.54. The van der Waals surface area contributed by atoms with E-state index in [0.717, 1.165) is 0 Å². The summed E-state index contributed by atoms with van der Waals surface area (Å²) in [5.41, 5.74) is 0. The van der Waals surface area contributed by atoms with Crippen molar-refractivity contribution in [1.82, 2.24) is 0 Å². The van der Waals surface area contributed by atoms with Gasteiger partial charge in [0.2, 0.25) is 0 Å². The Labute approximate surface area is 53.5 Å². The van der Waals surface area contributed by atoms with Gasteiger partial charge in [-0.3, -0.25) is 0 Å². The average Bonchev–Trinajstić information content (AvgIpc) is 0.722. The van der Waals surface area contributed by atoms with E-state index < -0.39 is 7.82 Å². The zero-order valence-corrected chi connectivity index (χ0v) is 3.09. The lowest BCUT2D eigenvalue weighted by Crippen LogP contribution is -1.66. The van der Waals surface area contributed by atoms with Crippen LogP contribution in [0.4, 0.5) is 0 Å². The fourth-order valence-corrected chi connectivity index (χ4v) is 0. The van der Waals surface area contributed by atoms with Crippen LogP contribution in [0.3, 0.4) is 0 Å². The van der Waals surface area contributed by atoms with Gasteiger partial charge in [-0.2, -0.15) is 0 Å². The van der Waals surface area contributed by atoms with Crippen molar-refractivity contribution in [2.24, 2.45) is 0 Å². The molecule has 0 amide bonds. The molecule has 6 heteroatoms. The Morgan fingerprint density at radius 3 is 1.33 bits per heavy atom. The highest BCUT2D eigenvalue weighted by atomic mass is 31.2. The van der Waals surface area contributed by atoms with Crippen LogP contribution in [-0.4, -0.2) is 37.7 Å². The zero-order valence-electron chi connectivity index (χ0n) is 4.20. The Morgan fingerprint density at radius 1 is 1.33 bits per heavy atom. The van der Waals surface area contributed by atoms with Crippen LogP contribution in [0.15, 0.2) is 0 Å². The Balaban J connectivity index is -0.0000000267. The SMILES string of the molecule is O=P(O)(O)O.[H+].[H+].[MgH2]. The summed E-state index contributed by atoms with van der Waals surface area (Å²) >= 11 is 0. The summed E-state index contributed by atoms with van der Waals surface area (Å²) in [6.07, 6.45) is 0. The van der Waals surface area contributed by atoms with E-state index in [-0.39, 0.29) is 25.9 Å². The van der Waals surface area contributed by atoms with E-state index in [9.17, 15) is 0 Å². The van der Waals surface area contributed by atoms with E-state index in [1.165, 1.54) is 0 Å². The average molecular weight is 126 g/mol. The molecule has 0 aliphatic heterocycles. The molecule has 0 aromatic heterocycles. The largest absolute Gasteiger partial charge is 1.00 e. The highest BCUT2D eigenvalue weighted by Gasteiger charge is 2.00. The third kappa shape index (κ3) is 95.4. The van der Waals surface area contributed by atoms with Gasteiger partial charge in [0.15, 0.2) is 0 Å². The molecule has 0 aromatic rings. The summed E-state index contributed by atoms with van der Waals surface area (Å²) in [6, 6.07) is 0. The standard InChI is InChI=1S/Mg.H3O4P.2H/c;1-5(2,3)4;;/h;(H3,1,2,3,4);;/p+2. The minimum absolute atomic E-state index is 0. The van der Waals surface area contributed by atoms with Crippen molar-refractivity contribution < 1.29 is 22.1 Å². The van der Waals surface area contributed by atoms with Gasteiger partial charge in [0.1, 0.15) is 0 Å². The molecule has 0 atom stereocenters. The van der Waals surface area contributed by atoms with E-state index in [2.05, 4.69) is 0 Å². The molecule has 0 saturated heterocycles. The predicted octanol–water partition coefficient (Wildman–Crippen LogP) is -1.62. The van der Waals surface area contributed by atoms with Gasteiger partial charge in [-0.15, -0.1) is 0 Å². The minimum Gasteiger partial charge on any atom is -0.303 e. The van der Waals surface area contributed by atoms with Crippen LogP contribution in [-0.2, 0) is 4.57 Å². The highest BCUT2D eigenvalue weighted by molar-refractivity contribution is 7.45. The first-order valence-electron chi connectivity index (χ1n) is 0.783. The number of phosphoric acid groups is 1. The molecule has 0 aliphatic rings. The first-order valence-corrected chi connectivity index (χ1v) is 2.35. The molecule has 0 heterocycles. The lowest BCUT2D eigenvalue weighted by atomic mass is 15.8. The summed E-state index contributed by atoms with van der Waals surface area (Å²) < 4.78 is 8.88. The lowest BCUT2D eigenvalue weighted by molar-refractivity contribution is 0.275.